The van der Waals surface area contributed by atoms with Gasteiger partial charge in [0.05, 0.1) is 18.3 Å². The number of benzene rings is 2. The van der Waals surface area contributed by atoms with Crippen molar-refractivity contribution < 1.29 is 10.2 Å². The van der Waals surface area contributed by atoms with Crippen LogP contribution in [0.2, 0.25) is 0 Å². The molecule has 1 heterocycles. The Kier molecular flexibility index (Phi) is 4.77. The predicted molar refractivity (Wildman–Crippen MR) is 96.0 cm³/mol. The molecule has 0 aliphatic carbocycles. The molecule has 3 aromatic rings. The molecule has 0 amide bonds. The summed E-state index contributed by atoms with van der Waals surface area (Å²) in [5, 5.41) is 22.7. The number of pyridine rings is 1. The number of phenols is 1. The minimum atomic E-state index is -0.190. The first kappa shape index (κ1) is 16.0. The summed E-state index contributed by atoms with van der Waals surface area (Å²) >= 11 is 0. The van der Waals surface area contributed by atoms with Crippen LogP contribution in [-0.2, 0) is 0 Å². The number of aliphatic hydroxyl groups excluding tert-OH is 1. The number of nitrogens with zero attached hydrogens (tertiary/aromatic N) is 1. The van der Waals surface area contributed by atoms with Crippen LogP contribution in [0.15, 0.2) is 67.0 Å². The molecule has 2 aromatic carbocycles. The van der Waals surface area contributed by atoms with Crippen molar-refractivity contribution in [3.63, 3.8) is 0 Å². The molecule has 0 radical (unpaired) electrons. The minimum absolute atomic E-state index is 0.00738. The van der Waals surface area contributed by atoms with Crippen LogP contribution >= 0.6 is 0 Å². The molecule has 0 unspecified atom stereocenters. The third-order valence-corrected chi connectivity index (χ3v) is 3.99. The van der Waals surface area contributed by atoms with Gasteiger partial charge in [0.2, 0.25) is 0 Å². The summed E-state index contributed by atoms with van der Waals surface area (Å²) < 4.78 is 0. The van der Waals surface area contributed by atoms with Crippen LogP contribution in [0, 0.1) is 6.92 Å². The summed E-state index contributed by atoms with van der Waals surface area (Å²) in [6.45, 7) is 1.86. The topological polar surface area (TPSA) is 65.4 Å². The SMILES string of the molecule is Cc1cc(-c2cncc(N[C@@H](CO)c3ccccc3)c2)ccc1O. The average molecular weight is 320 g/mol. The molecule has 0 aliphatic heterocycles. The lowest BCUT2D eigenvalue weighted by atomic mass is 10.0. The van der Waals surface area contributed by atoms with E-state index in [0.29, 0.717) is 0 Å². The minimum Gasteiger partial charge on any atom is -0.508 e. The maximum atomic E-state index is 9.68. The van der Waals surface area contributed by atoms with Gasteiger partial charge in [0.1, 0.15) is 5.75 Å². The molecule has 122 valence electrons. The fourth-order valence-corrected chi connectivity index (χ4v) is 2.63. The van der Waals surface area contributed by atoms with Crippen molar-refractivity contribution in [2.45, 2.75) is 13.0 Å². The molecular formula is C20H20N2O2. The van der Waals surface area contributed by atoms with E-state index in [-0.39, 0.29) is 18.4 Å². The molecule has 24 heavy (non-hydrogen) atoms. The van der Waals surface area contributed by atoms with Crippen LogP contribution < -0.4 is 5.32 Å². The molecule has 4 heteroatoms. The van der Waals surface area contributed by atoms with Gasteiger partial charge in [0.15, 0.2) is 0 Å². The molecule has 0 saturated carbocycles. The van der Waals surface area contributed by atoms with Gasteiger partial charge in [-0.15, -0.1) is 0 Å². The number of nitrogens with one attached hydrogen (secondary N) is 1. The van der Waals surface area contributed by atoms with Gasteiger partial charge in [-0.05, 0) is 41.8 Å². The second-order valence-corrected chi connectivity index (χ2v) is 5.75. The molecule has 0 fully saturated rings. The van der Waals surface area contributed by atoms with Crippen LogP contribution in [-0.4, -0.2) is 21.8 Å². The van der Waals surface area contributed by atoms with Crippen molar-refractivity contribution in [1.29, 1.82) is 0 Å². The molecule has 0 saturated heterocycles. The number of phenolic OH excluding ortho intramolecular Hbond substituents is 1. The van der Waals surface area contributed by atoms with E-state index >= 15 is 0 Å². The van der Waals surface area contributed by atoms with Crippen molar-refractivity contribution >= 4 is 5.69 Å². The summed E-state index contributed by atoms with van der Waals surface area (Å²) in [4.78, 5) is 4.29. The third-order valence-electron chi connectivity index (χ3n) is 3.99. The summed E-state index contributed by atoms with van der Waals surface area (Å²) in [5.74, 6) is 0.283. The first-order valence-corrected chi connectivity index (χ1v) is 7.85. The molecule has 0 bridgehead atoms. The average Bonchev–Trinajstić information content (AvgIpc) is 2.63. The van der Waals surface area contributed by atoms with Gasteiger partial charge < -0.3 is 15.5 Å². The number of aryl methyl sites for hydroxylation is 1. The third kappa shape index (κ3) is 3.55. The van der Waals surface area contributed by atoms with Crippen LogP contribution in [0.1, 0.15) is 17.2 Å². The van der Waals surface area contributed by atoms with Crippen LogP contribution in [0.4, 0.5) is 5.69 Å². The standard InChI is InChI=1S/C20H20N2O2/c1-14-9-16(7-8-20(14)24)17-10-18(12-21-11-17)22-19(13-23)15-5-3-2-4-6-15/h2-12,19,22-24H,13H2,1H3/t19-/m0/s1. The summed E-state index contributed by atoms with van der Waals surface area (Å²) in [6.07, 6.45) is 3.52. The van der Waals surface area contributed by atoms with Crippen molar-refractivity contribution in [2.75, 3.05) is 11.9 Å². The first-order chi connectivity index (χ1) is 11.7. The second kappa shape index (κ2) is 7.15. The number of hydrogen-bond acceptors (Lipinski definition) is 4. The van der Waals surface area contributed by atoms with Crippen LogP contribution in [0.25, 0.3) is 11.1 Å². The zero-order chi connectivity index (χ0) is 16.9. The van der Waals surface area contributed by atoms with Gasteiger partial charge >= 0.3 is 0 Å². The van der Waals surface area contributed by atoms with Crippen molar-refractivity contribution in [3.8, 4) is 16.9 Å². The molecular weight excluding hydrogens is 300 g/mol. The Balaban J connectivity index is 1.86. The number of aromatic nitrogens is 1. The molecule has 0 aliphatic rings. The first-order valence-electron chi connectivity index (χ1n) is 7.85. The highest BCUT2D eigenvalue weighted by Gasteiger charge is 2.10. The van der Waals surface area contributed by atoms with Gasteiger partial charge in [-0.3, -0.25) is 4.98 Å². The lowest BCUT2D eigenvalue weighted by molar-refractivity contribution is 0.276. The van der Waals surface area contributed by atoms with Crippen molar-refractivity contribution in [1.82, 2.24) is 4.98 Å². The quantitative estimate of drug-likeness (QED) is 0.667. The Morgan fingerprint density at radius 1 is 1.00 bits per heavy atom. The number of rotatable bonds is 5. The number of hydrogen-bond donors (Lipinski definition) is 3. The highest BCUT2D eigenvalue weighted by Crippen LogP contribution is 2.27. The Morgan fingerprint density at radius 2 is 1.79 bits per heavy atom. The molecule has 3 N–H and O–H groups in total. The zero-order valence-electron chi connectivity index (χ0n) is 13.5. The molecule has 0 spiro atoms. The van der Waals surface area contributed by atoms with E-state index in [2.05, 4.69) is 10.3 Å². The lowest BCUT2D eigenvalue weighted by Crippen LogP contribution is -2.14. The molecule has 1 aromatic heterocycles. The molecule has 3 rings (SSSR count). The van der Waals surface area contributed by atoms with Crippen molar-refractivity contribution in [3.05, 3.63) is 78.1 Å². The van der Waals surface area contributed by atoms with E-state index in [0.717, 1.165) is 27.9 Å². The van der Waals surface area contributed by atoms with E-state index in [1.54, 1.807) is 18.5 Å². The maximum Gasteiger partial charge on any atom is 0.118 e. The normalized spacial score (nSPS) is 11.9. The summed E-state index contributed by atoms with van der Waals surface area (Å²) in [5.41, 5.74) is 4.62. The van der Waals surface area contributed by atoms with Gasteiger partial charge in [0, 0.05) is 18.0 Å². The monoisotopic (exact) mass is 320 g/mol. The highest BCUT2D eigenvalue weighted by atomic mass is 16.3. The lowest BCUT2D eigenvalue weighted by Gasteiger charge is -2.18. The van der Waals surface area contributed by atoms with Crippen LogP contribution in [0.5, 0.6) is 5.75 Å². The largest absolute Gasteiger partial charge is 0.508 e. The Bertz CT molecular complexity index is 819. The summed E-state index contributed by atoms with van der Waals surface area (Å²) in [6, 6.07) is 17.1. The predicted octanol–water partition coefficient (Wildman–Crippen LogP) is 3.91. The van der Waals surface area contributed by atoms with E-state index < -0.39 is 0 Å². The smallest absolute Gasteiger partial charge is 0.118 e. The fourth-order valence-electron chi connectivity index (χ4n) is 2.63. The Morgan fingerprint density at radius 3 is 2.50 bits per heavy atom. The van der Waals surface area contributed by atoms with Gasteiger partial charge in [-0.2, -0.15) is 0 Å². The summed E-state index contributed by atoms with van der Waals surface area (Å²) in [7, 11) is 0. The fraction of sp³-hybridized carbons (Fsp3) is 0.150. The van der Waals surface area contributed by atoms with E-state index in [9.17, 15) is 10.2 Å². The Labute approximate surface area is 141 Å². The van der Waals surface area contributed by atoms with E-state index in [4.69, 9.17) is 0 Å². The second-order valence-electron chi connectivity index (χ2n) is 5.75. The van der Waals surface area contributed by atoms with E-state index in [1.807, 2.05) is 55.5 Å². The van der Waals surface area contributed by atoms with Crippen molar-refractivity contribution in [2.24, 2.45) is 0 Å². The highest BCUT2D eigenvalue weighted by molar-refractivity contribution is 5.68. The van der Waals surface area contributed by atoms with Crippen LogP contribution in [0.3, 0.4) is 0 Å². The zero-order valence-corrected chi connectivity index (χ0v) is 13.5. The van der Waals surface area contributed by atoms with E-state index in [1.165, 1.54) is 0 Å². The molecule has 4 nitrogen and oxygen atoms in total. The van der Waals surface area contributed by atoms with Gasteiger partial charge in [0.25, 0.3) is 0 Å². The van der Waals surface area contributed by atoms with Gasteiger partial charge in [-0.25, -0.2) is 0 Å². The number of anilines is 1. The maximum absolute atomic E-state index is 9.68. The number of aromatic hydroxyl groups is 1. The Hall–Kier alpha value is -2.85. The van der Waals surface area contributed by atoms with Gasteiger partial charge in [-0.1, -0.05) is 36.4 Å². The molecule has 1 atom stereocenters. The number of aliphatic hydroxyl groups is 1.